The minimum atomic E-state index is -4.79. The van der Waals surface area contributed by atoms with Crippen LogP contribution in [-0.4, -0.2) is 39.6 Å². The predicted octanol–water partition coefficient (Wildman–Crippen LogP) is 4.48. The maximum atomic E-state index is 13.2. The molecule has 1 unspecified atom stereocenters. The SMILES string of the molecule is COC(=O)C1=C(C(=O)OC)N(c2ccc(S(=O)(=O)c3ncc(C(F)(F)F)cc3Cl)cc2)C(N)=C(C#N)C1c1ccccc1. The molecule has 0 amide bonds. The van der Waals surface area contributed by atoms with Crippen LogP contribution in [0.1, 0.15) is 17.0 Å². The van der Waals surface area contributed by atoms with E-state index in [-0.39, 0.29) is 28.4 Å². The van der Waals surface area contributed by atoms with Gasteiger partial charge in [-0.2, -0.15) is 18.4 Å². The Morgan fingerprint density at radius 3 is 2.16 bits per heavy atom. The van der Waals surface area contributed by atoms with Gasteiger partial charge in [0.15, 0.2) is 5.03 Å². The molecule has 0 fully saturated rings. The zero-order valence-electron chi connectivity index (χ0n) is 22.2. The lowest BCUT2D eigenvalue weighted by Gasteiger charge is -2.35. The van der Waals surface area contributed by atoms with E-state index in [0.29, 0.717) is 17.8 Å². The molecule has 2 aromatic carbocycles. The number of anilines is 1. The van der Waals surface area contributed by atoms with Crippen LogP contribution in [-0.2, 0) is 35.1 Å². The van der Waals surface area contributed by atoms with Crippen LogP contribution in [0.2, 0.25) is 5.02 Å². The average Bonchev–Trinajstić information content (AvgIpc) is 2.99. The lowest BCUT2D eigenvalue weighted by molar-refractivity contribution is -0.139. The summed E-state index contributed by atoms with van der Waals surface area (Å²) < 4.78 is 75.3. The summed E-state index contributed by atoms with van der Waals surface area (Å²) in [6.45, 7) is 0. The third-order valence-electron chi connectivity index (χ3n) is 6.40. The molecular formula is C28H20ClF3N4O6S. The smallest absolute Gasteiger partial charge is 0.417 e. The molecule has 222 valence electrons. The zero-order valence-corrected chi connectivity index (χ0v) is 23.8. The Balaban J connectivity index is 1.88. The van der Waals surface area contributed by atoms with Crippen molar-refractivity contribution in [2.45, 2.75) is 22.0 Å². The second-order valence-corrected chi connectivity index (χ2v) is 11.1. The van der Waals surface area contributed by atoms with Crippen molar-refractivity contribution in [2.24, 2.45) is 5.73 Å². The summed E-state index contributed by atoms with van der Waals surface area (Å²) in [5.41, 5.74) is 4.90. The van der Waals surface area contributed by atoms with E-state index < -0.39 is 54.4 Å². The number of rotatable bonds is 6. The lowest BCUT2D eigenvalue weighted by atomic mass is 9.81. The van der Waals surface area contributed by atoms with Gasteiger partial charge in [0.25, 0.3) is 0 Å². The average molecular weight is 633 g/mol. The number of sulfone groups is 1. The third-order valence-corrected chi connectivity index (χ3v) is 8.53. The largest absolute Gasteiger partial charge is 0.466 e. The minimum Gasteiger partial charge on any atom is -0.466 e. The number of allylic oxidation sites excluding steroid dienone is 1. The lowest BCUT2D eigenvalue weighted by Crippen LogP contribution is -2.40. The number of pyridine rings is 1. The summed E-state index contributed by atoms with van der Waals surface area (Å²) in [7, 11) is -2.36. The van der Waals surface area contributed by atoms with E-state index in [1.54, 1.807) is 30.3 Å². The summed E-state index contributed by atoms with van der Waals surface area (Å²) in [4.78, 5) is 30.4. The Morgan fingerprint density at radius 1 is 1.05 bits per heavy atom. The van der Waals surface area contributed by atoms with E-state index in [9.17, 15) is 36.4 Å². The number of halogens is 4. The van der Waals surface area contributed by atoms with E-state index in [0.717, 1.165) is 31.3 Å². The Morgan fingerprint density at radius 2 is 1.65 bits per heavy atom. The molecule has 0 radical (unpaired) electrons. The fourth-order valence-electron chi connectivity index (χ4n) is 4.45. The number of hydrogen-bond acceptors (Lipinski definition) is 10. The van der Waals surface area contributed by atoms with Gasteiger partial charge in [-0.15, -0.1) is 0 Å². The first-order valence-electron chi connectivity index (χ1n) is 12.0. The van der Waals surface area contributed by atoms with Gasteiger partial charge in [0.2, 0.25) is 9.84 Å². The zero-order chi connectivity index (χ0) is 31.7. The minimum absolute atomic E-state index is 0.0315. The van der Waals surface area contributed by atoms with Gasteiger partial charge in [0, 0.05) is 11.9 Å². The van der Waals surface area contributed by atoms with E-state index in [4.69, 9.17) is 26.8 Å². The molecule has 0 saturated carbocycles. The van der Waals surface area contributed by atoms with Gasteiger partial charge < -0.3 is 15.2 Å². The Labute approximate surface area is 248 Å². The molecule has 0 spiro atoms. The predicted molar refractivity (Wildman–Crippen MR) is 146 cm³/mol. The quantitative estimate of drug-likeness (QED) is 0.385. The van der Waals surface area contributed by atoms with Crippen LogP contribution in [0.4, 0.5) is 18.9 Å². The molecule has 15 heteroatoms. The van der Waals surface area contributed by atoms with Gasteiger partial charge in [-0.3, -0.25) is 4.90 Å². The highest BCUT2D eigenvalue weighted by molar-refractivity contribution is 7.91. The normalized spacial score (nSPS) is 15.7. The summed E-state index contributed by atoms with van der Waals surface area (Å²) in [5, 5.41) is 8.55. The van der Waals surface area contributed by atoms with Crippen molar-refractivity contribution in [1.82, 2.24) is 4.98 Å². The number of carbonyl (C=O) groups excluding carboxylic acids is 2. The van der Waals surface area contributed by atoms with E-state index in [1.165, 1.54) is 12.1 Å². The van der Waals surface area contributed by atoms with Gasteiger partial charge in [-0.05, 0) is 35.9 Å². The van der Waals surface area contributed by atoms with Crippen LogP contribution in [0.3, 0.4) is 0 Å². The van der Waals surface area contributed by atoms with Crippen LogP contribution in [0.5, 0.6) is 0 Å². The van der Waals surface area contributed by atoms with Gasteiger partial charge in [-0.1, -0.05) is 41.9 Å². The molecule has 1 aliphatic heterocycles. The maximum absolute atomic E-state index is 13.2. The number of nitrogens with zero attached hydrogens (tertiary/aromatic N) is 3. The van der Waals surface area contributed by atoms with Crippen molar-refractivity contribution in [3.05, 3.63) is 106 Å². The highest BCUT2D eigenvalue weighted by Gasteiger charge is 2.43. The number of benzene rings is 2. The van der Waals surface area contributed by atoms with Gasteiger partial charge in [-0.25, -0.2) is 23.0 Å². The van der Waals surface area contributed by atoms with Crippen LogP contribution < -0.4 is 10.6 Å². The maximum Gasteiger partial charge on any atom is 0.417 e. The van der Waals surface area contributed by atoms with Crippen molar-refractivity contribution >= 4 is 39.1 Å². The number of hydrogen-bond donors (Lipinski definition) is 1. The third kappa shape index (κ3) is 5.64. The molecule has 0 aliphatic carbocycles. The molecule has 10 nitrogen and oxygen atoms in total. The van der Waals surface area contributed by atoms with Crippen LogP contribution in [0, 0.1) is 11.3 Å². The number of nitrogens with two attached hydrogens (primary N) is 1. The molecule has 0 saturated heterocycles. The molecule has 3 aromatic rings. The van der Waals surface area contributed by atoms with Gasteiger partial charge in [0.1, 0.15) is 11.5 Å². The number of nitriles is 1. The molecule has 2 N–H and O–H groups in total. The molecule has 1 aromatic heterocycles. The summed E-state index contributed by atoms with van der Waals surface area (Å²) >= 11 is 5.86. The van der Waals surface area contributed by atoms with Crippen molar-refractivity contribution in [2.75, 3.05) is 19.1 Å². The first kappa shape index (κ1) is 31.1. The number of methoxy groups -OCH3 is 2. The fraction of sp³-hybridized carbons (Fsp3) is 0.143. The summed E-state index contributed by atoms with van der Waals surface area (Å²) in [6, 6.07) is 15.3. The molecule has 1 aliphatic rings. The molecule has 1 atom stereocenters. The summed E-state index contributed by atoms with van der Waals surface area (Å²) in [5.74, 6) is -3.34. The van der Waals surface area contributed by atoms with E-state index in [1.807, 2.05) is 6.07 Å². The van der Waals surface area contributed by atoms with Gasteiger partial charge >= 0.3 is 18.1 Å². The van der Waals surface area contributed by atoms with Crippen molar-refractivity contribution in [3.8, 4) is 6.07 Å². The molecule has 2 heterocycles. The number of esters is 2. The van der Waals surface area contributed by atoms with Crippen LogP contribution in [0.25, 0.3) is 0 Å². The topological polar surface area (TPSA) is 153 Å². The number of alkyl halides is 3. The highest BCUT2D eigenvalue weighted by atomic mass is 35.5. The van der Waals surface area contributed by atoms with Crippen LogP contribution >= 0.6 is 11.6 Å². The van der Waals surface area contributed by atoms with Gasteiger partial charge in [0.05, 0.1) is 52.8 Å². The number of aromatic nitrogens is 1. The highest BCUT2D eigenvalue weighted by Crippen LogP contribution is 2.43. The Bertz CT molecular complexity index is 1820. The van der Waals surface area contributed by atoms with E-state index in [2.05, 4.69) is 4.98 Å². The van der Waals surface area contributed by atoms with Crippen molar-refractivity contribution in [1.29, 1.82) is 5.26 Å². The Hall–Kier alpha value is -4.87. The molecular weight excluding hydrogens is 613 g/mol. The molecule has 0 bridgehead atoms. The fourth-order valence-corrected chi connectivity index (χ4v) is 6.14. The number of carbonyl (C=O) groups is 2. The van der Waals surface area contributed by atoms with Crippen molar-refractivity contribution in [3.63, 3.8) is 0 Å². The first-order valence-corrected chi connectivity index (χ1v) is 13.9. The molecule has 43 heavy (non-hydrogen) atoms. The monoisotopic (exact) mass is 632 g/mol. The first-order chi connectivity index (χ1) is 20.3. The standard InChI is InChI=1S/C28H20ClF3N4O6S/c1-41-26(37)22-21(15-6-4-3-5-7-15)19(13-33)24(34)36(23(22)27(38)42-2)17-8-10-18(11-9-17)43(39,40)25-20(29)12-16(14-35-25)28(30,31)32/h3-12,14,21H,34H2,1-2H3. The van der Waals surface area contributed by atoms with Crippen LogP contribution in [0.15, 0.2) is 99.4 Å². The number of ether oxygens (including phenoxy) is 2. The summed E-state index contributed by atoms with van der Waals surface area (Å²) in [6.07, 6.45) is -4.45. The second-order valence-electron chi connectivity index (χ2n) is 8.84. The van der Waals surface area contributed by atoms with Crippen molar-refractivity contribution < 1.29 is 40.7 Å². The molecule has 4 rings (SSSR count). The van der Waals surface area contributed by atoms with E-state index >= 15 is 0 Å². The second kappa shape index (κ2) is 11.8. The Kier molecular flexibility index (Phi) is 8.52.